The molecule has 0 unspecified atom stereocenters. The average Bonchev–Trinajstić information content (AvgIpc) is 2.31. The van der Waals surface area contributed by atoms with Crippen molar-refractivity contribution in [2.45, 2.75) is 20.3 Å². The number of hydrogen-bond acceptors (Lipinski definition) is 4. The van der Waals surface area contributed by atoms with Crippen LogP contribution >= 0.6 is 0 Å². The summed E-state index contributed by atoms with van der Waals surface area (Å²) in [6.07, 6.45) is 0.00944. The van der Waals surface area contributed by atoms with Gasteiger partial charge in [0.15, 0.2) is 0 Å². The minimum absolute atomic E-state index is 0.00944. The summed E-state index contributed by atoms with van der Waals surface area (Å²) in [4.78, 5) is 22.8. The van der Waals surface area contributed by atoms with Crippen LogP contribution in [0.1, 0.15) is 18.9 Å². The Hall–Kier alpha value is -2.11. The van der Waals surface area contributed by atoms with Crippen LogP contribution in [0.15, 0.2) is 18.2 Å². The highest BCUT2D eigenvalue weighted by molar-refractivity contribution is 5.68. The fraction of sp³-hybridized carbons (Fsp3) is 0.417. The molecule has 0 heterocycles. The molecule has 6 heteroatoms. The summed E-state index contributed by atoms with van der Waals surface area (Å²) in [6, 6.07) is 4.94. The van der Waals surface area contributed by atoms with E-state index in [4.69, 9.17) is 5.11 Å². The van der Waals surface area contributed by atoms with E-state index >= 15 is 0 Å². The normalized spacial score (nSPS) is 10.1. The van der Waals surface area contributed by atoms with Crippen molar-refractivity contribution >= 4 is 17.3 Å². The third kappa shape index (κ3) is 3.44. The molecule has 0 aliphatic rings. The predicted octanol–water partition coefficient (Wildman–Crippen LogP) is 2.20. The highest BCUT2D eigenvalue weighted by atomic mass is 16.6. The maximum absolute atomic E-state index is 10.8. The van der Waals surface area contributed by atoms with Crippen molar-refractivity contribution in [3.05, 3.63) is 33.9 Å². The van der Waals surface area contributed by atoms with Crippen LogP contribution < -0.4 is 4.90 Å². The molecule has 6 nitrogen and oxygen atoms in total. The maximum atomic E-state index is 10.8. The van der Waals surface area contributed by atoms with Crippen molar-refractivity contribution in [3.63, 3.8) is 0 Å². The Morgan fingerprint density at radius 3 is 2.67 bits per heavy atom. The van der Waals surface area contributed by atoms with E-state index in [9.17, 15) is 14.9 Å². The minimum atomic E-state index is -0.880. The summed E-state index contributed by atoms with van der Waals surface area (Å²) in [7, 11) is 0. The summed E-state index contributed by atoms with van der Waals surface area (Å²) < 4.78 is 0. The molecular weight excluding hydrogens is 236 g/mol. The number of hydrogen-bond donors (Lipinski definition) is 1. The highest BCUT2D eigenvalue weighted by Crippen LogP contribution is 2.25. The van der Waals surface area contributed by atoms with Crippen LogP contribution in [0.3, 0.4) is 0 Å². The lowest BCUT2D eigenvalue weighted by atomic mass is 10.1. The Bertz CT molecular complexity index is 459. The van der Waals surface area contributed by atoms with E-state index in [2.05, 4.69) is 0 Å². The Morgan fingerprint density at radius 1 is 1.50 bits per heavy atom. The second kappa shape index (κ2) is 6.00. The third-order valence-corrected chi connectivity index (χ3v) is 2.73. The first-order valence-electron chi connectivity index (χ1n) is 5.67. The van der Waals surface area contributed by atoms with Gasteiger partial charge in [-0.05, 0) is 19.9 Å². The Labute approximate surface area is 105 Å². The van der Waals surface area contributed by atoms with Crippen LogP contribution in [-0.4, -0.2) is 29.1 Å². The van der Waals surface area contributed by atoms with E-state index in [-0.39, 0.29) is 12.1 Å². The molecule has 0 aliphatic heterocycles. The van der Waals surface area contributed by atoms with Gasteiger partial charge in [0.2, 0.25) is 0 Å². The number of aliphatic carboxylic acids is 1. The molecule has 0 fully saturated rings. The molecule has 1 aromatic carbocycles. The molecule has 0 spiro atoms. The van der Waals surface area contributed by atoms with Gasteiger partial charge in [0, 0.05) is 30.4 Å². The second-order valence-corrected chi connectivity index (χ2v) is 3.95. The number of carboxylic acids is 1. The fourth-order valence-corrected chi connectivity index (χ4v) is 1.69. The Kier molecular flexibility index (Phi) is 4.65. The zero-order valence-corrected chi connectivity index (χ0v) is 10.4. The zero-order chi connectivity index (χ0) is 13.7. The molecule has 1 rings (SSSR count). The number of carbonyl (C=O) groups is 1. The van der Waals surface area contributed by atoms with Gasteiger partial charge >= 0.3 is 5.97 Å². The summed E-state index contributed by atoms with van der Waals surface area (Å²) in [5.74, 6) is -0.880. The zero-order valence-electron chi connectivity index (χ0n) is 10.4. The summed E-state index contributed by atoms with van der Waals surface area (Å²) in [5, 5.41) is 19.5. The van der Waals surface area contributed by atoms with Crippen molar-refractivity contribution in [3.8, 4) is 0 Å². The lowest BCUT2D eigenvalue weighted by Gasteiger charge is -2.22. The van der Waals surface area contributed by atoms with E-state index in [0.717, 1.165) is 0 Å². The first-order valence-corrected chi connectivity index (χ1v) is 5.67. The van der Waals surface area contributed by atoms with Gasteiger partial charge in [0.1, 0.15) is 0 Å². The standard InChI is InChI=1S/C12H16N2O4/c1-3-13(7-6-12(15)16)10-5-4-9(2)11(8-10)14(17)18/h4-5,8H,3,6-7H2,1-2H3,(H,15,16). The number of carboxylic acid groups (broad SMARTS) is 1. The van der Waals surface area contributed by atoms with Crippen LogP contribution in [0.5, 0.6) is 0 Å². The first kappa shape index (κ1) is 14.0. The van der Waals surface area contributed by atoms with Gasteiger partial charge in [0.05, 0.1) is 11.3 Å². The van der Waals surface area contributed by atoms with Gasteiger partial charge in [-0.25, -0.2) is 0 Å². The molecule has 18 heavy (non-hydrogen) atoms. The van der Waals surface area contributed by atoms with Gasteiger partial charge < -0.3 is 10.0 Å². The molecular formula is C12H16N2O4. The van der Waals surface area contributed by atoms with Gasteiger partial charge in [0.25, 0.3) is 5.69 Å². The molecule has 98 valence electrons. The third-order valence-electron chi connectivity index (χ3n) is 2.73. The molecule has 0 radical (unpaired) electrons. The number of benzene rings is 1. The molecule has 0 amide bonds. The number of anilines is 1. The lowest BCUT2D eigenvalue weighted by Crippen LogP contribution is -2.25. The maximum Gasteiger partial charge on any atom is 0.305 e. The summed E-state index contributed by atoms with van der Waals surface area (Å²) in [5.41, 5.74) is 1.33. The van der Waals surface area contributed by atoms with Crippen LogP contribution in [0.25, 0.3) is 0 Å². The lowest BCUT2D eigenvalue weighted by molar-refractivity contribution is -0.385. The van der Waals surface area contributed by atoms with Crippen molar-refractivity contribution in [1.82, 2.24) is 0 Å². The van der Waals surface area contributed by atoms with Crippen LogP contribution in [0.2, 0.25) is 0 Å². The van der Waals surface area contributed by atoms with E-state index in [1.54, 1.807) is 24.0 Å². The van der Waals surface area contributed by atoms with Crippen molar-refractivity contribution in [2.24, 2.45) is 0 Å². The topological polar surface area (TPSA) is 83.7 Å². The molecule has 0 saturated heterocycles. The number of nitrogens with zero attached hydrogens (tertiary/aromatic N) is 2. The Morgan fingerprint density at radius 2 is 2.17 bits per heavy atom. The van der Waals surface area contributed by atoms with Crippen LogP contribution in [0.4, 0.5) is 11.4 Å². The molecule has 1 N–H and O–H groups in total. The van der Waals surface area contributed by atoms with E-state index in [0.29, 0.717) is 24.3 Å². The number of rotatable bonds is 6. The SMILES string of the molecule is CCN(CCC(=O)O)c1ccc(C)c([N+](=O)[O-])c1. The first-order chi connectivity index (χ1) is 8.45. The van der Waals surface area contributed by atoms with Gasteiger partial charge in [-0.15, -0.1) is 0 Å². The number of nitro groups is 1. The molecule has 0 aliphatic carbocycles. The number of aryl methyl sites for hydroxylation is 1. The number of nitro benzene ring substituents is 1. The fourth-order valence-electron chi connectivity index (χ4n) is 1.69. The molecule has 0 atom stereocenters. The smallest absolute Gasteiger partial charge is 0.305 e. The molecule has 0 aromatic heterocycles. The van der Waals surface area contributed by atoms with Crippen molar-refractivity contribution < 1.29 is 14.8 Å². The van der Waals surface area contributed by atoms with E-state index in [1.807, 2.05) is 6.92 Å². The van der Waals surface area contributed by atoms with Gasteiger partial charge in [-0.2, -0.15) is 0 Å². The quantitative estimate of drug-likeness (QED) is 0.619. The average molecular weight is 252 g/mol. The van der Waals surface area contributed by atoms with E-state index in [1.165, 1.54) is 6.07 Å². The van der Waals surface area contributed by atoms with Gasteiger partial charge in [-0.1, -0.05) is 6.07 Å². The van der Waals surface area contributed by atoms with Crippen LogP contribution in [-0.2, 0) is 4.79 Å². The molecule has 1 aromatic rings. The summed E-state index contributed by atoms with van der Waals surface area (Å²) in [6.45, 7) is 4.50. The highest BCUT2D eigenvalue weighted by Gasteiger charge is 2.14. The second-order valence-electron chi connectivity index (χ2n) is 3.95. The molecule has 0 bridgehead atoms. The minimum Gasteiger partial charge on any atom is -0.481 e. The van der Waals surface area contributed by atoms with Crippen molar-refractivity contribution in [1.29, 1.82) is 0 Å². The van der Waals surface area contributed by atoms with E-state index < -0.39 is 10.9 Å². The largest absolute Gasteiger partial charge is 0.481 e. The predicted molar refractivity (Wildman–Crippen MR) is 68.0 cm³/mol. The molecule has 0 saturated carbocycles. The van der Waals surface area contributed by atoms with Gasteiger partial charge in [-0.3, -0.25) is 14.9 Å². The van der Waals surface area contributed by atoms with Crippen molar-refractivity contribution in [2.75, 3.05) is 18.0 Å². The van der Waals surface area contributed by atoms with Crippen LogP contribution in [0, 0.1) is 17.0 Å². The summed E-state index contributed by atoms with van der Waals surface area (Å²) >= 11 is 0. The Balaban J connectivity index is 2.96. The monoisotopic (exact) mass is 252 g/mol.